The maximum Gasteiger partial charge on any atom is 0.185 e. The first-order valence-corrected chi connectivity index (χ1v) is 10.2. The van der Waals surface area contributed by atoms with Crippen LogP contribution in [-0.2, 0) is 10.2 Å². The summed E-state index contributed by atoms with van der Waals surface area (Å²) in [4.78, 5) is 9.92. The number of methoxy groups -OCH3 is 1. The van der Waals surface area contributed by atoms with Crippen molar-refractivity contribution in [2.24, 2.45) is 0 Å². The molecule has 4 rings (SSSR count). The molecule has 0 spiro atoms. The van der Waals surface area contributed by atoms with Crippen LogP contribution in [0.4, 0.5) is 5.13 Å². The predicted molar refractivity (Wildman–Crippen MR) is 106 cm³/mol. The number of thiazole rings is 1. The summed E-state index contributed by atoms with van der Waals surface area (Å²) in [5, 5.41) is 3.42. The van der Waals surface area contributed by atoms with Gasteiger partial charge in [-0.05, 0) is 37.6 Å². The fraction of sp³-hybridized carbons (Fsp3) is 0.550. The van der Waals surface area contributed by atoms with Gasteiger partial charge in [-0.2, -0.15) is 0 Å². The Hall–Kier alpha value is -1.63. The van der Waals surface area contributed by atoms with Crippen LogP contribution >= 0.6 is 11.3 Å². The summed E-state index contributed by atoms with van der Waals surface area (Å²) < 4.78 is 11.2. The van der Waals surface area contributed by atoms with Gasteiger partial charge in [-0.1, -0.05) is 12.1 Å². The maximum absolute atomic E-state index is 5.69. The summed E-state index contributed by atoms with van der Waals surface area (Å²) in [6.45, 7) is 5.86. The lowest BCUT2D eigenvalue weighted by atomic mass is 9.72. The van der Waals surface area contributed by atoms with Crippen molar-refractivity contribution in [3.05, 3.63) is 40.9 Å². The first kappa shape index (κ1) is 17.8. The molecule has 0 bridgehead atoms. The number of likely N-dealkylation sites (N-methyl/N-ethyl adjacent to an activating group) is 1. The van der Waals surface area contributed by atoms with Gasteiger partial charge < -0.3 is 19.3 Å². The number of piperazine rings is 1. The van der Waals surface area contributed by atoms with E-state index in [4.69, 9.17) is 14.5 Å². The van der Waals surface area contributed by atoms with E-state index < -0.39 is 0 Å². The molecule has 0 amide bonds. The second kappa shape index (κ2) is 7.55. The highest BCUT2D eigenvalue weighted by molar-refractivity contribution is 7.13. The van der Waals surface area contributed by atoms with Crippen molar-refractivity contribution in [2.45, 2.75) is 18.3 Å². The molecule has 3 heterocycles. The summed E-state index contributed by atoms with van der Waals surface area (Å²) in [5.74, 6) is 0.905. The van der Waals surface area contributed by atoms with Crippen LogP contribution < -0.4 is 9.64 Å². The molecule has 6 heteroatoms. The largest absolute Gasteiger partial charge is 0.497 e. The average molecular weight is 374 g/mol. The topological polar surface area (TPSA) is 37.8 Å². The molecule has 2 saturated heterocycles. The van der Waals surface area contributed by atoms with E-state index in [9.17, 15) is 0 Å². The third-order valence-corrected chi connectivity index (χ3v) is 6.63. The van der Waals surface area contributed by atoms with E-state index in [1.807, 2.05) is 6.07 Å². The molecule has 0 aliphatic carbocycles. The third kappa shape index (κ3) is 3.33. The van der Waals surface area contributed by atoms with Gasteiger partial charge in [-0.25, -0.2) is 4.98 Å². The highest BCUT2D eigenvalue weighted by atomic mass is 32.1. The normalized spacial score (nSPS) is 20.9. The standard InChI is InChI=1S/C20H27N3O2S/c1-22-8-10-23(11-9-22)19-21-18(15-26-19)20(6-12-25-13-7-20)16-4-3-5-17(14-16)24-2/h3-5,14-15H,6-13H2,1-2H3. The SMILES string of the molecule is COc1cccc(C2(c3csc(N4CCN(C)CC4)n3)CCOCC2)c1. The molecule has 26 heavy (non-hydrogen) atoms. The number of benzene rings is 1. The van der Waals surface area contributed by atoms with E-state index in [-0.39, 0.29) is 5.41 Å². The van der Waals surface area contributed by atoms with Gasteiger partial charge in [0.2, 0.25) is 0 Å². The minimum Gasteiger partial charge on any atom is -0.497 e. The van der Waals surface area contributed by atoms with Gasteiger partial charge in [0.05, 0.1) is 12.8 Å². The second-order valence-corrected chi connectivity index (χ2v) is 8.07. The third-order valence-electron chi connectivity index (χ3n) is 5.72. The number of aromatic nitrogens is 1. The summed E-state index contributed by atoms with van der Waals surface area (Å²) in [5.41, 5.74) is 2.40. The summed E-state index contributed by atoms with van der Waals surface area (Å²) in [7, 11) is 3.91. The summed E-state index contributed by atoms with van der Waals surface area (Å²) in [6.07, 6.45) is 1.93. The zero-order valence-corrected chi connectivity index (χ0v) is 16.4. The molecule has 2 aromatic rings. The zero-order chi connectivity index (χ0) is 18.0. The van der Waals surface area contributed by atoms with Crippen molar-refractivity contribution in [1.82, 2.24) is 9.88 Å². The molecule has 2 fully saturated rings. The Morgan fingerprint density at radius 2 is 1.92 bits per heavy atom. The fourth-order valence-corrected chi connectivity index (χ4v) is 4.94. The van der Waals surface area contributed by atoms with Crippen molar-refractivity contribution in [3.63, 3.8) is 0 Å². The molecule has 1 aromatic heterocycles. The molecule has 0 saturated carbocycles. The molecule has 2 aliphatic rings. The molecule has 0 N–H and O–H groups in total. The van der Waals surface area contributed by atoms with Crippen LogP contribution in [0.2, 0.25) is 0 Å². The number of hydrogen-bond donors (Lipinski definition) is 0. The Labute approximate surface area is 159 Å². The minimum absolute atomic E-state index is 0.0753. The first-order valence-electron chi connectivity index (χ1n) is 9.33. The van der Waals surface area contributed by atoms with Crippen molar-refractivity contribution in [2.75, 3.05) is 58.5 Å². The van der Waals surface area contributed by atoms with E-state index in [2.05, 4.69) is 40.4 Å². The van der Waals surface area contributed by atoms with E-state index >= 15 is 0 Å². The lowest BCUT2D eigenvalue weighted by Crippen LogP contribution is -2.44. The van der Waals surface area contributed by atoms with Gasteiger partial charge in [-0.3, -0.25) is 0 Å². The second-order valence-electron chi connectivity index (χ2n) is 7.23. The Morgan fingerprint density at radius 1 is 1.15 bits per heavy atom. The fourth-order valence-electron chi connectivity index (χ4n) is 3.96. The Balaban J connectivity index is 1.67. The lowest BCUT2D eigenvalue weighted by molar-refractivity contribution is 0.0620. The smallest absolute Gasteiger partial charge is 0.185 e. The average Bonchev–Trinajstić information content (AvgIpc) is 3.20. The van der Waals surface area contributed by atoms with Crippen molar-refractivity contribution < 1.29 is 9.47 Å². The number of ether oxygens (including phenoxy) is 2. The van der Waals surface area contributed by atoms with Crippen molar-refractivity contribution >= 4 is 16.5 Å². The van der Waals surface area contributed by atoms with Gasteiger partial charge in [-0.15, -0.1) is 11.3 Å². The number of nitrogens with zero attached hydrogens (tertiary/aromatic N) is 3. The van der Waals surface area contributed by atoms with Crippen LogP contribution in [0.3, 0.4) is 0 Å². The van der Waals surface area contributed by atoms with Crippen molar-refractivity contribution in [3.8, 4) is 5.75 Å². The number of hydrogen-bond acceptors (Lipinski definition) is 6. The summed E-state index contributed by atoms with van der Waals surface area (Å²) >= 11 is 1.78. The van der Waals surface area contributed by atoms with E-state index in [0.717, 1.165) is 63.1 Å². The zero-order valence-electron chi connectivity index (χ0n) is 15.6. The van der Waals surface area contributed by atoms with Crippen LogP contribution in [0.15, 0.2) is 29.6 Å². The Morgan fingerprint density at radius 3 is 2.65 bits per heavy atom. The highest BCUT2D eigenvalue weighted by Gasteiger charge is 2.39. The molecule has 5 nitrogen and oxygen atoms in total. The molecule has 2 aliphatic heterocycles. The molecular formula is C20H27N3O2S. The maximum atomic E-state index is 5.69. The van der Waals surface area contributed by atoms with Gasteiger partial charge in [0.25, 0.3) is 0 Å². The van der Waals surface area contributed by atoms with Gasteiger partial charge in [0.1, 0.15) is 5.75 Å². The van der Waals surface area contributed by atoms with Crippen LogP contribution in [0, 0.1) is 0 Å². The van der Waals surface area contributed by atoms with E-state index in [0.29, 0.717) is 0 Å². The van der Waals surface area contributed by atoms with Crippen LogP contribution in [0.25, 0.3) is 0 Å². The Kier molecular flexibility index (Phi) is 5.16. The Bertz CT molecular complexity index is 734. The summed E-state index contributed by atoms with van der Waals surface area (Å²) in [6, 6.07) is 8.47. The van der Waals surface area contributed by atoms with Gasteiger partial charge in [0.15, 0.2) is 5.13 Å². The number of rotatable bonds is 4. The number of anilines is 1. The molecule has 0 unspecified atom stereocenters. The molecule has 0 radical (unpaired) electrons. The highest BCUT2D eigenvalue weighted by Crippen LogP contribution is 2.43. The van der Waals surface area contributed by atoms with E-state index in [1.54, 1.807) is 18.4 Å². The monoisotopic (exact) mass is 373 g/mol. The van der Waals surface area contributed by atoms with Gasteiger partial charge in [0, 0.05) is 50.2 Å². The van der Waals surface area contributed by atoms with Crippen LogP contribution in [0.1, 0.15) is 24.1 Å². The molecule has 0 atom stereocenters. The van der Waals surface area contributed by atoms with Crippen LogP contribution in [-0.4, -0.2) is 63.4 Å². The molecule has 1 aromatic carbocycles. The van der Waals surface area contributed by atoms with Crippen LogP contribution in [0.5, 0.6) is 5.75 Å². The molecule has 140 valence electrons. The lowest BCUT2D eigenvalue weighted by Gasteiger charge is -2.37. The first-order chi connectivity index (χ1) is 12.7. The minimum atomic E-state index is -0.0753. The van der Waals surface area contributed by atoms with E-state index in [1.165, 1.54) is 11.3 Å². The predicted octanol–water partition coefficient (Wildman–Crippen LogP) is 3.00. The van der Waals surface area contributed by atoms with Gasteiger partial charge >= 0.3 is 0 Å². The van der Waals surface area contributed by atoms with Crippen molar-refractivity contribution in [1.29, 1.82) is 0 Å². The quantitative estimate of drug-likeness (QED) is 0.824. The molecular weight excluding hydrogens is 346 g/mol.